The Bertz CT molecular complexity index is 2120. The second kappa shape index (κ2) is 17.6. The van der Waals surface area contributed by atoms with E-state index >= 15 is 4.39 Å². The predicted octanol–water partition coefficient (Wildman–Crippen LogP) is 8.52. The Hall–Kier alpha value is -5.49. The third-order valence-electron chi connectivity index (χ3n) is 8.19. The van der Waals surface area contributed by atoms with Crippen LogP contribution in [-0.4, -0.2) is 43.1 Å². The van der Waals surface area contributed by atoms with Crippen LogP contribution in [0.5, 0.6) is 17.2 Å². The fourth-order valence-electron chi connectivity index (χ4n) is 5.63. The zero-order chi connectivity index (χ0) is 37.1. The SMILES string of the molecule is CCCCOC(=O)NS(=O)(=O)c1ccccc1-c1ccc(Cn2c(CCC)nc(CC)c2C(=O)COc2ccccc2Oc2ccccc2)c(F)c1. The number of ether oxygens (including phenoxy) is 3. The molecule has 0 aliphatic rings. The van der Waals surface area contributed by atoms with Gasteiger partial charge in [0.25, 0.3) is 10.0 Å². The monoisotopic (exact) mass is 727 g/mol. The summed E-state index contributed by atoms with van der Waals surface area (Å²) >= 11 is 0. The molecule has 0 spiro atoms. The minimum absolute atomic E-state index is 0.00826. The molecule has 10 nitrogen and oxygen atoms in total. The predicted molar refractivity (Wildman–Crippen MR) is 196 cm³/mol. The second-order valence-electron chi connectivity index (χ2n) is 12.0. The van der Waals surface area contributed by atoms with E-state index in [0.717, 1.165) is 12.8 Å². The average molecular weight is 728 g/mol. The number of hydrogen-bond acceptors (Lipinski definition) is 8. The van der Waals surface area contributed by atoms with Gasteiger partial charge >= 0.3 is 6.09 Å². The number of nitrogens with zero attached hydrogens (tertiary/aromatic N) is 2. The number of carbonyl (C=O) groups excluding carboxylic acids is 2. The lowest BCUT2D eigenvalue weighted by Gasteiger charge is -2.16. The molecule has 5 rings (SSSR count). The number of para-hydroxylation sites is 3. The average Bonchev–Trinajstić information content (AvgIpc) is 3.49. The highest BCUT2D eigenvalue weighted by atomic mass is 32.2. The van der Waals surface area contributed by atoms with Crippen molar-refractivity contribution in [3.8, 4) is 28.4 Å². The molecule has 0 radical (unpaired) electrons. The molecule has 0 saturated carbocycles. The van der Waals surface area contributed by atoms with E-state index in [9.17, 15) is 18.0 Å². The van der Waals surface area contributed by atoms with Gasteiger partial charge < -0.3 is 18.8 Å². The molecular formula is C40H42FN3O7S. The van der Waals surface area contributed by atoms with Crippen LogP contribution in [-0.2, 0) is 34.1 Å². The van der Waals surface area contributed by atoms with Crippen LogP contribution in [0.1, 0.15) is 67.6 Å². The summed E-state index contributed by atoms with van der Waals surface area (Å²) in [6.45, 7) is 5.62. The van der Waals surface area contributed by atoms with E-state index in [1.54, 1.807) is 41.0 Å². The molecule has 0 unspecified atom stereocenters. The molecule has 0 atom stereocenters. The molecule has 0 aliphatic carbocycles. The standard InChI is InChI=1S/C40H42FN3O7S/c1-4-7-24-49-40(46)43-52(47,48)37-21-14-11-18-31(37)28-22-23-29(32(41)25-28)26-44-38(15-5-2)42-33(6-3)39(44)34(45)27-50-35-19-12-13-20-36(35)51-30-16-9-8-10-17-30/h8-14,16-23,25H,4-7,15,24,26-27H2,1-3H3,(H,43,46). The smallest absolute Gasteiger partial charge is 0.421 e. The maximum atomic E-state index is 16.0. The van der Waals surface area contributed by atoms with Crippen molar-refractivity contribution in [3.63, 3.8) is 0 Å². The van der Waals surface area contributed by atoms with Crippen LogP contribution in [0.3, 0.4) is 0 Å². The molecule has 0 bridgehead atoms. The van der Waals surface area contributed by atoms with Gasteiger partial charge in [-0.2, -0.15) is 0 Å². The zero-order valence-corrected chi connectivity index (χ0v) is 30.2. The number of imidazole rings is 1. The number of halogens is 1. The molecule has 5 aromatic rings. The third-order valence-corrected chi connectivity index (χ3v) is 9.56. The number of hydrogen-bond donors (Lipinski definition) is 1. The highest BCUT2D eigenvalue weighted by molar-refractivity contribution is 7.90. The number of rotatable bonds is 17. The van der Waals surface area contributed by atoms with Crippen molar-refractivity contribution < 1.29 is 36.6 Å². The minimum Gasteiger partial charge on any atom is -0.481 e. The summed E-state index contributed by atoms with van der Waals surface area (Å²) in [6.07, 6.45) is 2.08. The molecule has 0 fully saturated rings. The minimum atomic E-state index is -4.34. The summed E-state index contributed by atoms with van der Waals surface area (Å²) in [4.78, 5) is 30.6. The lowest BCUT2D eigenvalue weighted by atomic mass is 10.0. The Labute approximate surface area is 303 Å². The Morgan fingerprint density at radius 3 is 2.29 bits per heavy atom. The molecule has 12 heteroatoms. The molecule has 1 aromatic heterocycles. The highest BCUT2D eigenvalue weighted by Crippen LogP contribution is 2.32. The second-order valence-corrected chi connectivity index (χ2v) is 13.6. The molecular weight excluding hydrogens is 686 g/mol. The lowest BCUT2D eigenvalue weighted by molar-refractivity contribution is 0.0909. The first kappa shape index (κ1) is 37.8. The van der Waals surface area contributed by atoms with Crippen molar-refractivity contribution in [2.75, 3.05) is 13.2 Å². The van der Waals surface area contributed by atoms with E-state index in [2.05, 4.69) is 0 Å². The van der Waals surface area contributed by atoms with Crippen molar-refractivity contribution in [2.45, 2.75) is 64.3 Å². The number of aryl methyl sites for hydroxylation is 2. The van der Waals surface area contributed by atoms with Crippen LogP contribution >= 0.6 is 0 Å². The van der Waals surface area contributed by atoms with E-state index in [4.69, 9.17) is 19.2 Å². The van der Waals surface area contributed by atoms with E-state index in [-0.39, 0.29) is 47.1 Å². The van der Waals surface area contributed by atoms with Gasteiger partial charge in [-0.25, -0.2) is 27.3 Å². The van der Waals surface area contributed by atoms with Crippen molar-refractivity contribution in [3.05, 3.63) is 126 Å². The van der Waals surface area contributed by atoms with E-state index in [1.165, 1.54) is 24.3 Å². The summed E-state index contributed by atoms with van der Waals surface area (Å²) in [7, 11) is -4.34. The Balaban J connectivity index is 1.40. The maximum Gasteiger partial charge on any atom is 0.421 e. The summed E-state index contributed by atoms with van der Waals surface area (Å²) in [5, 5.41) is 0. The number of benzene rings is 4. The first-order valence-corrected chi connectivity index (χ1v) is 18.8. The van der Waals surface area contributed by atoms with Gasteiger partial charge in [-0.1, -0.05) is 87.9 Å². The Morgan fingerprint density at radius 1 is 0.865 bits per heavy atom. The zero-order valence-electron chi connectivity index (χ0n) is 29.4. The van der Waals surface area contributed by atoms with Crippen molar-refractivity contribution in [1.82, 2.24) is 14.3 Å². The van der Waals surface area contributed by atoms with E-state index in [1.807, 2.05) is 61.9 Å². The molecule has 0 saturated heterocycles. The molecule has 4 aromatic carbocycles. The Kier molecular flexibility index (Phi) is 12.8. The highest BCUT2D eigenvalue weighted by Gasteiger charge is 2.25. The van der Waals surface area contributed by atoms with Gasteiger partial charge in [-0.3, -0.25) is 4.79 Å². The largest absolute Gasteiger partial charge is 0.481 e. The first-order chi connectivity index (χ1) is 25.1. The fourth-order valence-corrected chi connectivity index (χ4v) is 6.76. The van der Waals surface area contributed by atoms with E-state index < -0.39 is 21.9 Å². The number of Topliss-reactive ketones (excluding diaryl/α,β-unsaturated/α-hetero) is 1. The maximum absolute atomic E-state index is 16.0. The van der Waals surface area contributed by atoms with Crippen LogP contribution in [0.2, 0.25) is 0 Å². The third kappa shape index (κ3) is 9.24. The molecule has 1 N–H and O–H groups in total. The van der Waals surface area contributed by atoms with Gasteiger partial charge in [0, 0.05) is 17.5 Å². The van der Waals surface area contributed by atoms with Crippen molar-refractivity contribution >= 4 is 21.9 Å². The summed E-state index contributed by atoms with van der Waals surface area (Å²) in [6, 6.07) is 26.8. The number of sulfonamides is 1. The summed E-state index contributed by atoms with van der Waals surface area (Å²) < 4.78 is 63.0. The number of ketones is 1. The summed E-state index contributed by atoms with van der Waals surface area (Å²) in [5.74, 6) is 1.19. The number of amides is 1. The van der Waals surface area contributed by atoms with Gasteiger partial charge in [-0.05, 0) is 61.2 Å². The van der Waals surface area contributed by atoms with Crippen molar-refractivity contribution in [1.29, 1.82) is 0 Å². The first-order valence-electron chi connectivity index (χ1n) is 17.3. The van der Waals surface area contributed by atoms with Crippen molar-refractivity contribution in [2.24, 2.45) is 0 Å². The van der Waals surface area contributed by atoms with Crippen LogP contribution in [0.25, 0.3) is 11.1 Å². The van der Waals surface area contributed by atoms with Crippen LogP contribution < -0.4 is 14.2 Å². The van der Waals surface area contributed by atoms with Gasteiger partial charge in [0.15, 0.2) is 18.1 Å². The fraction of sp³-hybridized carbons (Fsp3) is 0.275. The quantitative estimate of drug-likeness (QED) is 0.0747. The van der Waals surface area contributed by atoms with Crippen LogP contribution in [0, 0.1) is 5.82 Å². The molecule has 52 heavy (non-hydrogen) atoms. The molecule has 0 aliphatic heterocycles. The number of carbonyl (C=O) groups is 2. The number of aromatic nitrogens is 2. The lowest BCUT2D eigenvalue weighted by Crippen LogP contribution is -2.31. The van der Waals surface area contributed by atoms with Crippen LogP contribution in [0.15, 0.2) is 102 Å². The summed E-state index contributed by atoms with van der Waals surface area (Å²) in [5.41, 5.74) is 1.69. The molecule has 1 amide bonds. The van der Waals surface area contributed by atoms with Gasteiger partial charge in [0.1, 0.15) is 23.1 Å². The topological polar surface area (TPSA) is 126 Å². The van der Waals surface area contributed by atoms with Gasteiger partial charge in [0.2, 0.25) is 5.78 Å². The number of unbranched alkanes of at least 4 members (excludes halogenated alkanes) is 1. The van der Waals surface area contributed by atoms with Crippen LogP contribution in [0.4, 0.5) is 9.18 Å². The van der Waals surface area contributed by atoms with Gasteiger partial charge in [0.05, 0.1) is 23.7 Å². The van der Waals surface area contributed by atoms with Gasteiger partial charge in [-0.15, -0.1) is 0 Å². The molecule has 1 heterocycles. The van der Waals surface area contributed by atoms with E-state index in [0.29, 0.717) is 53.7 Å². The number of nitrogens with one attached hydrogen (secondary N) is 1. The Morgan fingerprint density at radius 2 is 1.58 bits per heavy atom. The molecule has 272 valence electrons. The normalized spacial score (nSPS) is 11.2.